The molecule has 0 saturated carbocycles. The summed E-state index contributed by atoms with van der Waals surface area (Å²) in [5, 5.41) is 0. The van der Waals surface area contributed by atoms with Gasteiger partial charge in [0.25, 0.3) is 0 Å². The van der Waals surface area contributed by atoms with Crippen LogP contribution in [0.3, 0.4) is 0 Å². The van der Waals surface area contributed by atoms with E-state index in [-0.39, 0.29) is 7.43 Å². The predicted octanol–water partition coefficient (Wildman–Crippen LogP) is 1.23. The Balaban J connectivity index is 0. The first kappa shape index (κ1) is 8.82. The van der Waals surface area contributed by atoms with Crippen LogP contribution in [0.2, 0.25) is 0 Å². The van der Waals surface area contributed by atoms with E-state index < -0.39 is 0 Å². The van der Waals surface area contributed by atoms with Crippen LogP contribution in [0.25, 0.3) is 0 Å². The first-order chi connectivity index (χ1) is 1.91. The molecule has 0 aromatic rings. The Morgan fingerprint density at radius 2 is 2.00 bits per heavy atom. The van der Waals surface area contributed by atoms with Gasteiger partial charge in [0.2, 0.25) is 0 Å². The highest BCUT2D eigenvalue weighted by atomic mass is 16.1. The van der Waals surface area contributed by atoms with Gasteiger partial charge in [0, 0.05) is 6.42 Å². The van der Waals surface area contributed by atoms with Gasteiger partial charge in [0.15, 0.2) is 0 Å². The van der Waals surface area contributed by atoms with Crippen LogP contribution < -0.4 is 0 Å². The topological polar surface area (TPSA) is 17.1 Å². The lowest BCUT2D eigenvalue weighted by Crippen LogP contribution is -1.55. The maximum atomic E-state index is 9.17. The third kappa shape index (κ3) is 22.8. The number of carbonyl (C=O) groups excluding carboxylic acids is 1. The van der Waals surface area contributed by atoms with Crippen LogP contribution in [0, 0.1) is 0 Å². The van der Waals surface area contributed by atoms with E-state index in [0.29, 0.717) is 6.42 Å². The van der Waals surface area contributed by atoms with E-state index in [0.717, 1.165) is 6.29 Å². The number of carbonyl (C=O) groups is 1. The minimum atomic E-state index is 0. The van der Waals surface area contributed by atoms with Gasteiger partial charge in [0.1, 0.15) is 6.29 Å². The van der Waals surface area contributed by atoms with Crippen molar-refractivity contribution in [2.75, 3.05) is 0 Å². The van der Waals surface area contributed by atoms with E-state index in [1.54, 1.807) is 0 Å². The van der Waals surface area contributed by atoms with Crippen LogP contribution in [0.5, 0.6) is 0 Å². The molecule has 0 fully saturated rings. The molecule has 0 rings (SSSR count). The summed E-state index contributed by atoms with van der Waals surface area (Å²) in [4.78, 5) is 9.17. The molecule has 32 valence electrons. The zero-order chi connectivity index (χ0) is 3.41. The third-order valence-electron chi connectivity index (χ3n) is 0.167. The largest absolute Gasteiger partial charge is 0.303 e. The van der Waals surface area contributed by atoms with Crippen molar-refractivity contribution in [3.05, 3.63) is 0 Å². The van der Waals surface area contributed by atoms with Gasteiger partial charge in [-0.3, -0.25) is 0 Å². The lowest BCUT2D eigenvalue weighted by atomic mass is 10.6. The molecule has 0 spiro atoms. The van der Waals surface area contributed by atoms with Crippen LogP contribution in [0.4, 0.5) is 0 Å². The molecule has 0 aliphatic rings. The summed E-state index contributed by atoms with van der Waals surface area (Å²) in [6.45, 7) is 1.81. The summed E-state index contributed by atoms with van der Waals surface area (Å²) in [5.74, 6) is 0. The zero-order valence-electron chi connectivity index (χ0n) is 2.69. The van der Waals surface area contributed by atoms with E-state index in [2.05, 4.69) is 0 Å². The highest BCUT2D eigenvalue weighted by molar-refractivity contribution is 5.48. The zero-order valence-corrected chi connectivity index (χ0v) is 2.69. The van der Waals surface area contributed by atoms with E-state index in [9.17, 15) is 4.79 Å². The standard InChI is InChI=1S/C3H6O.CH4/c1-2-3-4;/h3H,2H2,1H3;1H4. The van der Waals surface area contributed by atoms with Gasteiger partial charge in [-0.15, -0.1) is 0 Å². The van der Waals surface area contributed by atoms with Crippen molar-refractivity contribution in [2.45, 2.75) is 20.8 Å². The molecule has 0 aliphatic carbocycles. The predicted molar refractivity (Wildman–Crippen MR) is 23.1 cm³/mol. The Morgan fingerprint density at radius 1 is 1.80 bits per heavy atom. The highest BCUT2D eigenvalue weighted by Gasteiger charge is 1.52. The Hall–Kier alpha value is -0.330. The van der Waals surface area contributed by atoms with Crippen LogP contribution in [0.1, 0.15) is 20.8 Å². The maximum absolute atomic E-state index is 9.17. The van der Waals surface area contributed by atoms with Crippen molar-refractivity contribution in [1.29, 1.82) is 0 Å². The lowest BCUT2D eigenvalue weighted by molar-refractivity contribution is -0.107. The van der Waals surface area contributed by atoms with Gasteiger partial charge in [-0.2, -0.15) is 0 Å². The molecule has 1 heteroatoms. The third-order valence-corrected chi connectivity index (χ3v) is 0.167. The molecule has 0 atom stereocenters. The fourth-order valence-electron chi connectivity index (χ4n) is 0. The van der Waals surface area contributed by atoms with Gasteiger partial charge in [-0.25, -0.2) is 0 Å². The second-order valence-electron chi connectivity index (χ2n) is 0.575. The Bertz CT molecular complexity index is 17.6. The average molecular weight is 74.1 g/mol. The molecule has 0 aromatic carbocycles. The molecule has 0 aliphatic heterocycles. The average Bonchev–Trinajstić information content (AvgIpc) is 1.37. The molecular weight excluding hydrogens is 64.0 g/mol. The molecule has 0 amide bonds. The summed E-state index contributed by atoms with van der Waals surface area (Å²) in [6.07, 6.45) is 1.51. The number of hydrogen-bond acceptors (Lipinski definition) is 1. The number of aldehydes is 1. The summed E-state index contributed by atoms with van der Waals surface area (Å²) in [6, 6.07) is 0. The summed E-state index contributed by atoms with van der Waals surface area (Å²) < 4.78 is 0. The Morgan fingerprint density at radius 3 is 2.00 bits per heavy atom. The van der Waals surface area contributed by atoms with Crippen molar-refractivity contribution in [3.63, 3.8) is 0 Å². The van der Waals surface area contributed by atoms with Gasteiger partial charge >= 0.3 is 0 Å². The SMILES string of the molecule is C.CCC=O. The molecule has 0 aromatic heterocycles. The summed E-state index contributed by atoms with van der Waals surface area (Å²) in [7, 11) is 0. The monoisotopic (exact) mass is 74.1 g/mol. The van der Waals surface area contributed by atoms with Crippen LogP contribution >= 0.6 is 0 Å². The molecular formula is C4H10O. The molecule has 0 radical (unpaired) electrons. The number of hydrogen-bond donors (Lipinski definition) is 0. The van der Waals surface area contributed by atoms with Gasteiger partial charge in [0.05, 0.1) is 0 Å². The van der Waals surface area contributed by atoms with E-state index in [4.69, 9.17) is 0 Å². The minimum absolute atomic E-state index is 0. The van der Waals surface area contributed by atoms with Crippen molar-refractivity contribution in [3.8, 4) is 0 Å². The first-order valence-electron chi connectivity index (χ1n) is 1.35. The second-order valence-corrected chi connectivity index (χ2v) is 0.575. The summed E-state index contributed by atoms with van der Waals surface area (Å²) >= 11 is 0. The fraction of sp³-hybridized carbons (Fsp3) is 0.750. The van der Waals surface area contributed by atoms with Gasteiger partial charge in [-0.1, -0.05) is 14.4 Å². The quantitative estimate of drug-likeness (QED) is 0.427. The second kappa shape index (κ2) is 9.38. The van der Waals surface area contributed by atoms with Crippen molar-refractivity contribution in [1.82, 2.24) is 0 Å². The van der Waals surface area contributed by atoms with Crippen molar-refractivity contribution < 1.29 is 4.79 Å². The van der Waals surface area contributed by atoms with Crippen molar-refractivity contribution >= 4 is 6.29 Å². The van der Waals surface area contributed by atoms with E-state index >= 15 is 0 Å². The fourth-order valence-corrected chi connectivity index (χ4v) is 0. The van der Waals surface area contributed by atoms with E-state index in [1.165, 1.54) is 0 Å². The molecule has 0 saturated heterocycles. The molecule has 0 unspecified atom stereocenters. The number of rotatable bonds is 1. The van der Waals surface area contributed by atoms with Crippen LogP contribution in [0.15, 0.2) is 0 Å². The minimum Gasteiger partial charge on any atom is -0.303 e. The summed E-state index contributed by atoms with van der Waals surface area (Å²) in [5.41, 5.74) is 0. The van der Waals surface area contributed by atoms with Crippen molar-refractivity contribution in [2.24, 2.45) is 0 Å². The van der Waals surface area contributed by atoms with Gasteiger partial charge < -0.3 is 4.79 Å². The van der Waals surface area contributed by atoms with Crippen LogP contribution in [-0.4, -0.2) is 6.29 Å². The molecule has 0 N–H and O–H groups in total. The molecule has 5 heavy (non-hydrogen) atoms. The highest BCUT2D eigenvalue weighted by Crippen LogP contribution is 1.53. The molecule has 1 nitrogen and oxygen atoms in total. The molecule has 0 bridgehead atoms. The Kier molecular flexibility index (Phi) is 16.6. The first-order valence-corrected chi connectivity index (χ1v) is 1.35. The normalized spacial score (nSPS) is 5.00. The molecule has 0 heterocycles. The Labute approximate surface area is 33.0 Å². The van der Waals surface area contributed by atoms with Crippen LogP contribution in [-0.2, 0) is 4.79 Å². The maximum Gasteiger partial charge on any atom is 0.119 e. The van der Waals surface area contributed by atoms with E-state index in [1.807, 2.05) is 6.92 Å². The smallest absolute Gasteiger partial charge is 0.119 e. The van der Waals surface area contributed by atoms with Gasteiger partial charge in [-0.05, 0) is 0 Å². The lowest BCUT2D eigenvalue weighted by Gasteiger charge is -1.51.